The van der Waals surface area contributed by atoms with Crippen LogP contribution in [0.25, 0.3) is 0 Å². The van der Waals surface area contributed by atoms with Crippen LogP contribution in [0.4, 0.5) is 0 Å². The molecule has 0 bridgehead atoms. The molecule has 1 aromatic carbocycles. The van der Waals surface area contributed by atoms with Crippen LogP contribution in [0.5, 0.6) is 0 Å². The maximum absolute atomic E-state index is 12.2. The van der Waals surface area contributed by atoms with E-state index in [9.17, 15) is 4.79 Å². The van der Waals surface area contributed by atoms with E-state index in [1.165, 1.54) is 5.56 Å². The first kappa shape index (κ1) is 15.0. The van der Waals surface area contributed by atoms with E-state index in [-0.39, 0.29) is 11.8 Å². The molecule has 0 radical (unpaired) electrons. The van der Waals surface area contributed by atoms with Crippen molar-refractivity contribution in [2.75, 3.05) is 40.0 Å². The van der Waals surface area contributed by atoms with Gasteiger partial charge in [-0.05, 0) is 11.1 Å². The number of benzene rings is 1. The van der Waals surface area contributed by atoms with Crippen molar-refractivity contribution in [3.63, 3.8) is 0 Å². The largest absolute Gasteiger partial charge is 0.382 e. The third-order valence-electron chi connectivity index (χ3n) is 3.39. The van der Waals surface area contributed by atoms with E-state index in [1.807, 2.05) is 18.2 Å². The van der Waals surface area contributed by atoms with E-state index < -0.39 is 0 Å². The number of hydrogen-bond acceptors (Lipinski definition) is 4. The maximum atomic E-state index is 12.2. The molecule has 0 spiro atoms. The van der Waals surface area contributed by atoms with Crippen molar-refractivity contribution in [1.29, 1.82) is 0 Å². The van der Waals surface area contributed by atoms with Gasteiger partial charge in [-0.2, -0.15) is 0 Å². The van der Waals surface area contributed by atoms with Crippen LogP contribution in [0.3, 0.4) is 0 Å². The minimum Gasteiger partial charge on any atom is -0.382 e. The fraction of sp³-hybridized carbons (Fsp3) is 0.533. The Labute approximate surface area is 119 Å². The molecule has 2 N–H and O–H groups in total. The highest BCUT2D eigenvalue weighted by atomic mass is 16.5. The summed E-state index contributed by atoms with van der Waals surface area (Å²) in [6.45, 7) is 3.69. The molecule has 1 heterocycles. The van der Waals surface area contributed by atoms with Gasteiger partial charge < -0.3 is 20.1 Å². The summed E-state index contributed by atoms with van der Waals surface area (Å²) in [5.74, 6) is -0.0566. The monoisotopic (exact) mass is 278 g/mol. The normalized spacial score (nSPS) is 17.6. The summed E-state index contributed by atoms with van der Waals surface area (Å²) >= 11 is 0. The molecule has 0 aromatic heterocycles. The summed E-state index contributed by atoms with van der Waals surface area (Å²) < 4.78 is 10.2. The van der Waals surface area contributed by atoms with Crippen LogP contribution in [0.2, 0.25) is 0 Å². The molecule has 5 heteroatoms. The first-order chi connectivity index (χ1) is 9.83. The number of ether oxygens (including phenoxy) is 2. The van der Waals surface area contributed by atoms with Crippen LogP contribution in [-0.2, 0) is 20.8 Å². The topological polar surface area (TPSA) is 59.6 Å². The molecule has 1 aromatic rings. The second-order valence-electron chi connectivity index (χ2n) is 4.78. The number of carbonyl (C=O) groups excluding carboxylic acids is 1. The number of amides is 1. The van der Waals surface area contributed by atoms with Crippen molar-refractivity contribution in [2.24, 2.45) is 0 Å². The van der Waals surface area contributed by atoms with Crippen molar-refractivity contribution in [2.45, 2.75) is 12.5 Å². The van der Waals surface area contributed by atoms with E-state index in [2.05, 4.69) is 16.7 Å². The van der Waals surface area contributed by atoms with Crippen LogP contribution in [0, 0.1) is 0 Å². The summed E-state index contributed by atoms with van der Waals surface area (Å²) in [4.78, 5) is 12.2. The first-order valence-corrected chi connectivity index (χ1v) is 6.96. The molecule has 0 saturated heterocycles. The Bertz CT molecular complexity index is 437. The molecule has 1 unspecified atom stereocenters. The van der Waals surface area contributed by atoms with Crippen molar-refractivity contribution < 1.29 is 14.3 Å². The van der Waals surface area contributed by atoms with Crippen LogP contribution in [0.15, 0.2) is 24.3 Å². The van der Waals surface area contributed by atoms with Gasteiger partial charge in [-0.3, -0.25) is 4.79 Å². The smallest absolute Gasteiger partial charge is 0.228 e. The van der Waals surface area contributed by atoms with Crippen LogP contribution < -0.4 is 10.6 Å². The minimum absolute atomic E-state index is 0.0555. The van der Waals surface area contributed by atoms with Gasteiger partial charge in [0.2, 0.25) is 5.91 Å². The molecule has 2 rings (SSSR count). The van der Waals surface area contributed by atoms with Crippen LogP contribution >= 0.6 is 0 Å². The summed E-state index contributed by atoms with van der Waals surface area (Å²) in [5, 5.41) is 6.21. The van der Waals surface area contributed by atoms with E-state index in [1.54, 1.807) is 7.11 Å². The molecule has 20 heavy (non-hydrogen) atoms. The van der Waals surface area contributed by atoms with Crippen molar-refractivity contribution in [3.05, 3.63) is 35.4 Å². The standard InChI is InChI=1S/C15H22N2O3/c1-19-8-9-20-7-6-17-15(18)14-11-16-10-12-4-2-3-5-13(12)14/h2-5,14,16H,6-11H2,1H3,(H,17,18). The third kappa shape index (κ3) is 4.03. The van der Waals surface area contributed by atoms with Gasteiger partial charge in [0.1, 0.15) is 0 Å². The number of rotatable bonds is 7. The highest BCUT2D eigenvalue weighted by Crippen LogP contribution is 2.23. The molecule has 0 fully saturated rings. The van der Waals surface area contributed by atoms with Gasteiger partial charge in [-0.1, -0.05) is 24.3 Å². The molecule has 1 amide bonds. The maximum Gasteiger partial charge on any atom is 0.228 e. The van der Waals surface area contributed by atoms with E-state index >= 15 is 0 Å². The summed E-state index contributed by atoms with van der Waals surface area (Å²) in [5.41, 5.74) is 2.33. The quantitative estimate of drug-likeness (QED) is 0.719. The molecule has 5 nitrogen and oxygen atoms in total. The minimum atomic E-state index is -0.112. The lowest BCUT2D eigenvalue weighted by atomic mass is 9.90. The number of fused-ring (bicyclic) bond motifs is 1. The Morgan fingerprint density at radius 3 is 3.05 bits per heavy atom. The fourth-order valence-corrected chi connectivity index (χ4v) is 2.34. The second kappa shape index (κ2) is 7.99. The van der Waals surface area contributed by atoms with Gasteiger partial charge in [-0.15, -0.1) is 0 Å². The molecule has 1 aliphatic heterocycles. The molecule has 1 atom stereocenters. The molecule has 1 aliphatic rings. The molecular weight excluding hydrogens is 256 g/mol. The predicted molar refractivity (Wildman–Crippen MR) is 76.6 cm³/mol. The highest BCUT2D eigenvalue weighted by molar-refractivity contribution is 5.84. The summed E-state index contributed by atoms with van der Waals surface area (Å²) in [7, 11) is 1.64. The van der Waals surface area contributed by atoms with Gasteiger partial charge in [0.05, 0.1) is 25.7 Å². The average molecular weight is 278 g/mol. The lowest BCUT2D eigenvalue weighted by molar-refractivity contribution is -0.122. The predicted octanol–water partition coefficient (Wildman–Crippen LogP) is 0.653. The lowest BCUT2D eigenvalue weighted by Crippen LogP contribution is -2.40. The average Bonchev–Trinajstić information content (AvgIpc) is 2.50. The number of carbonyl (C=O) groups is 1. The zero-order chi connectivity index (χ0) is 14.2. The van der Waals surface area contributed by atoms with E-state index in [4.69, 9.17) is 9.47 Å². The van der Waals surface area contributed by atoms with Crippen molar-refractivity contribution >= 4 is 5.91 Å². The Balaban J connectivity index is 1.79. The molecule has 0 saturated carbocycles. The van der Waals surface area contributed by atoms with Gasteiger partial charge in [0.25, 0.3) is 0 Å². The molecule has 110 valence electrons. The van der Waals surface area contributed by atoms with E-state index in [0.717, 1.165) is 12.1 Å². The van der Waals surface area contributed by atoms with E-state index in [0.29, 0.717) is 32.9 Å². The Morgan fingerprint density at radius 2 is 2.20 bits per heavy atom. The Kier molecular flexibility index (Phi) is 5.98. The SMILES string of the molecule is COCCOCCNC(=O)C1CNCc2ccccc21. The number of nitrogens with one attached hydrogen (secondary N) is 2. The Hall–Kier alpha value is -1.43. The number of hydrogen-bond donors (Lipinski definition) is 2. The van der Waals surface area contributed by atoms with Crippen LogP contribution in [0.1, 0.15) is 17.0 Å². The van der Waals surface area contributed by atoms with Crippen LogP contribution in [-0.4, -0.2) is 45.9 Å². The zero-order valence-electron chi connectivity index (χ0n) is 11.9. The third-order valence-corrected chi connectivity index (χ3v) is 3.39. The van der Waals surface area contributed by atoms with Gasteiger partial charge in [-0.25, -0.2) is 0 Å². The van der Waals surface area contributed by atoms with Crippen molar-refractivity contribution in [1.82, 2.24) is 10.6 Å². The Morgan fingerprint density at radius 1 is 1.35 bits per heavy atom. The second-order valence-corrected chi connectivity index (χ2v) is 4.78. The molecular formula is C15H22N2O3. The summed E-state index contributed by atoms with van der Waals surface area (Å²) in [6.07, 6.45) is 0. The van der Waals surface area contributed by atoms with Gasteiger partial charge in [0, 0.05) is 26.7 Å². The number of methoxy groups -OCH3 is 1. The highest BCUT2D eigenvalue weighted by Gasteiger charge is 2.25. The van der Waals surface area contributed by atoms with Gasteiger partial charge >= 0.3 is 0 Å². The van der Waals surface area contributed by atoms with Gasteiger partial charge in [0.15, 0.2) is 0 Å². The van der Waals surface area contributed by atoms with Crippen molar-refractivity contribution in [3.8, 4) is 0 Å². The molecule has 0 aliphatic carbocycles. The fourth-order valence-electron chi connectivity index (χ4n) is 2.34. The zero-order valence-corrected chi connectivity index (χ0v) is 11.9. The first-order valence-electron chi connectivity index (χ1n) is 6.96. The summed E-state index contributed by atoms with van der Waals surface area (Å²) in [6, 6.07) is 8.09. The lowest BCUT2D eigenvalue weighted by Gasteiger charge is -2.25.